The van der Waals surface area contributed by atoms with Gasteiger partial charge in [-0.25, -0.2) is 4.79 Å². The SMILES string of the molecule is CCOC(=O)C(Nc1ccc2c(c1O)CC1=C(O)[C@@]3(O)C(O)=C(C(N)=O)C(=O)[C@@H](N(C)C)[C@H]3[C@H](O)[C@H]1[C@@H]2C=O)C(C)C. The number of aliphatic hydroxyl groups is 4. The normalized spacial score (nSPS) is 29.5. The van der Waals surface area contributed by atoms with Gasteiger partial charge in [-0.3, -0.25) is 14.5 Å². The zero-order valence-corrected chi connectivity index (χ0v) is 24.0. The lowest BCUT2D eigenvalue weighted by atomic mass is 9.55. The average Bonchev–Trinajstić information content (AvgIpc) is 2.91. The molecule has 1 amide bonds. The second-order valence-electron chi connectivity index (χ2n) is 11.5. The Balaban J connectivity index is 1.92. The quantitative estimate of drug-likeness (QED) is 0.0938. The van der Waals surface area contributed by atoms with E-state index in [-0.39, 0.29) is 41.5 Å². The molecule has 8 N–H and O–H groups in total. The molecular formula is C29H37N3O10. The number of anilines is 1. The summed E-state index contributed by atoms with van der Waals surface area (Å²) in [5.74, 6) is -9.33. The number of hydrogen-bond donors (Lipinski definition) is 7. The van der Waals surface area contributed by atoms with Crippen LogP contribution in [0, 0.1) is 17.8 Å². The van der Waals surface area contributed by atoms with Crippen LogP contribution in [0.2, 0.25) is 0 Å². The maximum absolute atomic E-state index is 13.3. The number of amides is 1. The number of rotatable bonds is 8. The number of aromatic hydroxyl groups is 1. The van der Waals surface area contributed by atoms with E-state index >= 15 is 0 Å². The average molecular weight is 588 g/mol. The molecule has 3 aliphatic carbocycles. The molecule has 0 fully saturated rings. The van der Waals surface area contributed by atoms with Gasteiger partial charge in [0.2, 0.25) is 0 Å². The number of aliphatic hydroxyl groups excluding tert-OH is 3. The van der Waals surface area contributed by atoms with Crippen molar-refractivity contribution in [2.24, 2.45) is 23.5 Å². The first kappa shape index (κ1) is 31.0. The fraction of sp³-hybridized carbons (Fsp3) is 0.517. The highest BCUT2D eigenvalue weighted by molar-refractivity contribution is 6.22. The molecule has 4 rings (SSSR count). The minimum Gasteiger partial charge on any atom is -0.509 e. The van der Waals surface area contributed by atoms with Crippen LogP contribution in [-0.2, 0) is 30.3 Å². The molecule has 7 atom stereocenters. The number of benzene rings is 1. The van der Waals surface area contributed by atoms with Gasteiger partial charge >= 0.3 is 5.97 Å². The van der Waals surface area contributed by atoms with Gasteiger partial charge in [0.1, 0.15) is 35.2 Å². The second kappa shape index (κ2) is 11.0. The number of nitrogens with zero attached hydrogens (tertiary/aromatic N) is 1. The predicted octanol–water partition coefficient (Wildman–Crippen LogP) is 0.191. The number of likely N-dealkylation sites (N-methyl/N-ethyl adjacent to an activating group) is 1. The van der Waals surface area contributed by atoms with Crippen molar-refractivity contribution in [1.29, 1.82) is 0 Å². The minimum absolute atomic E-state index is 0.0775. The van der Waals surface area contributed by atoms with Gasteiger partial charge in [0.05, 0.1) is 30.4 Å². The molecule has 42 heavy (non-hydrogen) atoms. The van der Waals surface area contributed by atoms with E-state index in [4.69, 9.17) is 10.5 Å². The van der Waals surface area contributed by atoms with Crippen LogP contribution in [0.15, 0.2) is 34.8 Å². The maximum atomic E-state index is 13.3. The number of phenolic OH excluding ortho intramolecular Hbond substituents is 1. The van der Waals surface area contributed by atoms with Crippen LogP contribution in [0.4, 0.5) is 5.69 Å². The molecular weight excluding hydrogens is 550 g/mol. The first-order valence-corrected chi connectivity index (χ1v) is 13.6. The lowest BCUT2D eigenvalue weighted by Crippen LogP contribution is -2.67. The lowest BCUT2D eigenvalue weighted by molar-refractivity contribution is -0.153. The summed E-state index contributed by atoms with van der Waals surface area (Å²) in [5.41, 5.74) is 2.21. The molecule has 228 valence electrons. The molecule has 1 unspecified atom stereocenters. The number of hydrogen-bond acceptors (Lipinski definition) is 12. The zero-order valence-electron chi connectivity index (χ0n) is 24.0. The van der Waals surface area contributed by atoms with Gasteiger partial charge in [-0.1, -0.05) is 19.9 Å². The molecule has 1 aromatic carbocycles. The number of aldehydes is 1. The lowest BCUT2D eigenvalue weighted by Gasteiger charge is -2.54. The molecule has 0 heterocycles. The molecule has 0 radical (unpaired) electrons. The van der Waals surface area contributed by atoms with Crippen molar-refractivity contribution >= 4 is 29.6 Å². The fourth-order valence-electron chi connectivity index (χ4n) is 6.67. The van der Waals surface area contributed by atoms with Crippen LogP contribution in [0.3, 0.4) is 0 Å². The Morgan fingerprint density at radius 1 is 1.21 bits per heavy atom. The first-order chi connectivity index (χ1) is 19.6. The van der Waals surface area contributed by atoms with Crippen molar-refractivity contribution in [2.75, 3.05) is 26.0 Å². The Morgan fingerprint density at radius 3 is 2.38 bits per heavy atom. The van der Waals surface area contributed by atoms with Crippen molar-refractivity contribution in [1.82, 2.24) is 4.90 Å². The monoisotopic (exact) mass is 587 g/mol. The number of primary amides is 1. The van der Waals surface area contributed by atoms with Crippen molar-refractivity contribution < 1.29 is 49.4 Å². The van der Waals surface area contributed by atoms with Gasteiger partial charge in [0.15, 0.2) is 11.4 Å². The minimum atomic E-state index is -2.80. The van der Waals surface area contributed by atoms with Crippen LogP contribution in [0.1, 0.15) is 37.8 Å². The molecule has 13 heteroatoms. The van der Waals surface area contributed by atoms with E-state index in [1.165, 1.54) is 25.1 Å². The number of fused-ring (bicyclic) bond motifs is 3. The molecule has 0 saturated heterocycles. The van der Waals surface area contributed by atoms with Gasteiger partial charge < -0.3 is 46.1 Å². The Bertz CT molecular complexity index is 1400. The number of carbonyl (C=O) groups is 4. The topological polar surface area (TPSA) is 220 Å². The fourth-order valence-corrected chi connectivity index (χ4v) is 6.67. The molecule has 0 saturated carbocycles. The van der Waals surface area contributed by atoms with E-state index in [2.05, 4.69) is 5.32 Å². The summed E-state index contributed by atoms with van der Waals surface area (Å²) in [6, 6.07) is 0.810. The molecule has 0 bridgehead atoms. The molecule has 13 nitrogen and oxygen atoms in total. The van der Waals surface area contributed by atoms with Crippen molar-refractivity contribution in [3.05, 3.63) is 45.9 Å². The van der Waals surface area contributed by atoms with Crippen molar-refractivity contribution in [3.63, 3.8) is 0 Å². The van der Waals surface area contributed by atoms with Gasteiger partial charge in [-0.05, 0) is 44.1 Å². The van der Waals surface area contributed by atoms with E-state index in [0.29, 0.717) is 11.8 Å². The zero-order chi connectivity index (χ0) is 31.4. The smallest absolute Gasteiger partial charge is 0.328 e. The van der Waals surface area contributed by atoms with E-state index in [1.54, 1.807) is 26.8 Å². The molecule has 1 aromatic rings. The van der Waals surface area contributed by atoms with Crippen LogP contribution in [0.5, 0.6) is 5.75 Å². The number of nitrogens with two attached hydrogens (primary N) is 1. The summed E-state index contributed by atoms with van der Waals surface area (Å²) < 4.78 is 5.14. The number of Topliss-reactive ketones (excluding diaryl/α,β-unsaturated/α-hetero) is 1. The highest BCUT2D eigenvalue weighted by Crippen LogP contribution is 2.56. The summed E-state index contributed by atoms with van der Waals surface area (Å²) in [4.78, 5) is 51.8. The van der Waals surface area contributed by atoms with Crippen LogP contribution in [-0.4, -0.2) is 98.9 Å². The van der Waals surface area contributed by atoms with Crippen LogP contribution < -0.4 is 11.1 Å². The largest absolute Gasteiger partial charge is 0.509 e. The number of ketones is 1. The third kappa shape index (κ3) is 4.43. The van der Waals surface area contributed by atoms with E-state index in [0.717, 1.165) is 0 Å². The summed E-state index contributed by atoms with van der Waals surface area (Å²) in [5, 5.41) is 60.4. The summed E-state index contributed by atoms with van der Waals surface area (Å²) in [6.45, 7) is 5.40. The predicted molar refractivity (Wildman–Crippen MR) is 148 cm³/mol. The Hall–Kier alpha value is -3.94. The van der Waals surface area contributed by atoms with Crippen LogP contribution >= 0.6 is 0 Å². The summed E-state index contributed by atoms with van der Waals surface area (Å²) in [6.07, 6.45) is -1.42. The van der Waals surface area contributed by atoms with Crippen molar-refractivity contribution in [3.8, 4) is 5.75 Å². The number of phenols is 1. The Labute approximate surface area is 242 Å². The van der Waals surface area contributed by atoms with Crippen LogP contribution in [0.25, 0.3) is 0 Å². The van der Waals surface area contributed by atoms with E-state index < -0.39 is 76.3 Å². The standard InChI is InChI=1S/C29H37N3O10/c1-6-42-28(40)20(11(2)3)31-16-8-7-12-13(22(16)34)9-14-17(15(12)10-33)23(35)19-21(32(4)5)24(36)18(27(30)39)26(38)29(19,41)25(14)37/h7-8,10-11,15,17,19-21,23,31,34-35,37-38,41H,6,9H2,1-5H3,(H2,30,39)/t15-,17-,19+,20?,21+,23-,29-/m1/s1. The van der Waals surface area contributed by atoms with Crippen molar-refractivity contribution in [2.45, 2.75) is 56.9 Å². The van der Waals surface area contributed by atoms with Gasteiger partial charge in [-0.15, -0.1) is 0 Å². The highest BCUT2D eigenvalue weighted by Gasteiger charge is 2.65. The Morgan fingerprint density at radius 2 is 1.86 bits per heavy atom. The highest BCUT2D eigenvalue weighted by atomic mass is 16.5. The third-order valence-corrected chi connectivity index (χ3v) is 8.64. The molecule has 0 aromatic heterocycles. The van der Waals surface area contributed by atoms with Gasteiger partial charge in [0, 0.05) is 23.8 Å². The molecule has 0 spiro atoms. The Kier molecular flexibility index (Phi) is 8.15. The maximum Gasteiger partial charge on any atom is 0.328 e. The summed E-state index contributed by atoms with van der Waals surface area (Å²) >= 11 is 0. The summed E-state index contributed by atoms with van der Waals surface area (Å²) in [7, 11) is 2.90. The molecule has 3 aliphatic rings. The van der Waals surface area contributed by atoms with Gasteiger partial charge in [-0.2, -0.15) is 0 Å². The second-order valence-corrected chi connectivity index (χ2v) is 11.5. The molecule has 0 aliphatic heterocycles. The first-order valence-electron chi connectivity index (χ1n) is 13.6. The number of esters is 1. The number of ether oxygens (including phenoxy) is 1. The number of nitrogens with one attached hydrogen (secondary N) is 1. The van der Waals surface area contributed by atoms with E-state index in [1.807, 2.05) is 0 Å². The van der Waals surface area contributed by atoms with E-state index in [9.17, 15) is 44.7 Å². The number of carbonyl (C=O) groups excluding carboxylic acids is 4. The van der Waals surface area contributed by atoms with Gasteiger partial charge in [0.25, 0.3) is 5.91 Å². The third-order valence-electron chi connectivity index (χ3n) is 8.64.